The molecule has 5 nitrogen and oxygen atoms in total. The SMILES string of the molecule is Cc1ccc(C(=O)[O-])cc1S(=O)(=O)Nc1cc(Cl)cc(Cl)c1. The number of nitrogens with one attached hydrogen (secondary N) is 1. The van der Waals surface area contributed by atoms with Crippen LogP contribution >= 0.6 is 23.2 Å². The third-order valence-corrected chi connectivity index (χ3v) is 4.79. The van der Waals surface area contributed by atoms with Gasteiger partial charge in [0.2, 0.25) is 0 Å². The highest BCUT2D eigenvalue weighted by Gasteiger charge is 2.18. The van der Waals surface area contributed by atoms with Gasteiger partial charge >= 0.3 is 0 Å². The van der Waals surface area contributed by atoms with Gasteiger partial charge in [-0.25, -0.2) is 8.42 Å². The molecule has 0 amide bonds. The molecular formula is C14H10Cl2NO4S-. The zero-order valence-electron chi connectivity index (χ0n) is 11.3. The van der Waals surface area contributed by atoms with E-state index in [-0.39, 0.29) is 26.2 Å². The predicted octanol–water partition coefficient (Wildman–Crippen LogP) is 2.47. The molecule has 0 spiro atoms. The maximum Gasteiger partial charge on any atom is 0.262 e. The van der Waals surface area contributed by atoms with Crippen LogP contribution in [0.5, 0.6) is 0 Å². The normalized spacial score (nSPS) is 11.2. The lowest BCUT2D eigenvalue weighted by Crippen LogP contribution is -2.23. The molecule has 0 aliphatic carbocycles. The minimum absolute atomic E-state index is 0.162. The van der Waals surface area contributed by atoms with Crippen molar-refractivity contribution in [2.24, 2.45) is 0 Å². The van der Waals surface area contributed by atoms with E-state index in [1.165, 1.54) is 30.3 Å². The number of sulfonamides is 1. The molecule has 22 heavy (non-hydrogen) atoms. The van der Waals surface area contributed by atoms with Gasteiger partial charge in [-0.15, -0.1) is 0 Å². The van der Waals surface area contributed by atoms with Crippen molar-refractivity contribution in [2.45, 2.75) is 11.8 Å². The number of halogens is 2. The van der Waals surface area contributed by atoms with Gasteiger partial charge in [0.1, 0.15) is 0 Å². The van der Waals surface area contributed by atoms with Crippen molar-refractivity contribution < 1.29 is 18.3 Å². The second kappa shape index (κ2) is 6.16. The first-order valence-corrected chi connectivity index (χ1v) is 8.24. The number of hydrogen-bond acceptors (Lipinski definition) is 4. The van der Waals surface area contributed by atoms with E-state index >= 15 is 0 Å². The Kier molecular flexibility index (Phi) is 4.65. The molecule has 0 saturated carbocycles. The number of carbonyl (C=O) groups is 1. The first-order valence-electron chi connectivity index (χ1n) is 6.00. The Morgan fingerprint density at radius 3 is 2.23 bits per heavy atom. The summed E-state index contributed by atoms with van der Waals surface area (Å²) in [5, 5.41) is 11.4. The van der Waals surface area contributed by atoms with E-state index in [1.54, 1.807) is 6.92 Å². The second-order valence-corrected chi connectivity index (χ2v) is 7.06. The Bertz CT molecular complexity index is 830. The summed E-state index contributed by atoms with van der Waals surface area (Å²) in [7, 11) is -3.99. The van der Waals surface area contributed by atoms with Gasteiger partial charge < -0.3 is 9.90 Å². The molecule has 2 aromatic carbocycles. The number of rotatable bonds is 4. The fraction of sp³-hybridized carbons (Fsp3) is 0.0714. The van der Waals surface area contributed by atoms with Crippen LogP contribution in [0.4, 0.5) is 5.69 Å². The van der Waals surface area contributed by atoms with E-state index in [9.17, 15) is 18.3 Å². The van der Waals surface area contributed by atoms with Crippen LogP contribution in [-0.4, -0.2) is 14.4 Å². The monoisotopic (exact) mass is 358 g/mol. The van der Waals surface area contributed by atoms with Gasteiger partial charge in [-0.3, -0.25) is 4.72 Å². The predicted molar refractivity (Wildman–Crippen MR) is 82.8 cm³/mol. The van der Waals surface area contributed by atoms with Crippen LogP contribution in [0.1, 0.15) is 15.9 Å². The average molecular weight is 359 g/mol. The lowest BCUT2D eigenvalue weighted by atomic mass is 10.1. The fourth-order valence-electron chi connectivity index (χ4n) is 1.84. The first kappa shape index (κ1) is 16.6. The number of hydrogen-bond donors (Lipinski definition) is 1. The number of carboxylic acids is 1. The molecule has 2 rings (SSSR count). The first-order chi connectivity index (χ1) is 10.2. The molecule has 0 aliphatic heterocycles. The number of aryl methyl sites for hydroxylation is 1. The molecule has 2 aromatic rings. The van der Waals surface area contributed by atoms with Gasteiger partial charge in [0, 0.05) is 10.0 Å². The van der Waals surface area contributed by atoms with Crippen molar-refractivity contribution in [3.05, 3.63) is 57.6 Å². The van der Waals surface area contributed by atoms with Crippen molar-refractivity contribution in [1.29, 1.82) is 0 Å². The van der Waals surface area contributed by atoms with Crippen molar-refractivity contribution in [3.8, 4) is 0 Å². The van der Waals surface area contributed by atoms with Crippen LogP contribution in [-0.2, 0) is 10.0 Å². The molecule has 0 bridgehead atoms. The van der Waals surface area contributed by atoms with Crippen LogP contribution in [0.15, 0.2) is 41.3 Å². The summed E-state index contributed by atoms with van der Waals surface area (Å²) in [5.74, 6) is -1.46. The van der Waals surface area contributed by atoms with Gasteiger partial charge in [-0.2, -0.15) is 0 Å². The number of anilines is 1. The van der Waals surface area contributed by atoms with Gasteiger partial charge in [-0.1, -0.05) is 35.3 Å². The second-order valence-electron chi connectivity index (χ2n) is 4.53. The Labute approximate surface area is 137 Å². The summed E-state index contributed by atoms with van der Waals surface area (Å²) < 4.78 is 27.1. The summed E-state index contributed by atoms with van der Waals surface area (Å²) >= 11 is 11.6. The molecule has 0 aliphatic rings. The summed E-state index contributed by atoms with van der Waals surface area (Å²) in [5.41, 5.74) is 0.344. The Hall–Kier alpha value is -1.76. The molecule has 8 heteroatoms. The molecule has 0 unspecified atom stereocenters. The van der Waals surface area contributed by atoms with Gasteiger partial charge in [0.15, 0.2) is 0 Å². The summed E-state index contributed by atoms with van der Waals surface area (Å²) in [4.78, 5) is 10.7. The molecule has 0 fully saturated rings. The van der Waals surface area contributed by atoms with Crippen LogP contribution in [0, 0.1) is 6.92 Å². The van der Waals surface area contributed by atoms with Crippen LogP contribution in [0.25, 0.3) is 0 Å². The largest absolute Gasteiger partial charge is 0.545 e. The zero-order valence-corrected chi connectivity index (χ0v) is 13.6. The van der Waals surface area contributed by atoms with Gasteiger partial charge in [-0.05, 0) is 42.3 Å². The van der Waals surface area contributed by atoms with Crippen molar-refractivity contribution in [3.63, 3.8) is 0 Å². The van der Waals surface area contributed by atoms with E-state index in [0.717, 1.165) is 6.07 Å². The summed E-state index contributed by atoms with van der Waals surface area (Å²) in [6.07, 6.45) is 0. The molecule has 0 aromatic heterocycles. The summed E-state index contributed by atoms with van der Waals surface area (Å²) in [6.45, 7) is 1.55. The molecule has 1 N–H and O–H groups in total. The van der Waals surface area contributed by atoms with Crippen LogP contribution in [0.2, 0.25) is 10.0 Å². The van der Waals surface area contributed by atoms with Crippen molar-refractivity contribution in [2.75, 3.05) is 4.72 Å². The van der Waals surface area contributed by atoms with Crippen LogP contribution in [0.3, 0.4) is 0 Å². The zero-order chi connectivity index (χ0) is 16.5. The molecular weight excluding hydrogens is 349 g/mol. The minimum atomic E-state index is -3.99. The maximum absolute atomic E-state index is 12.4. The van der Waals surface area contributed by atoms with Gasteiger partial charge in [0.05, 0.1) is 16.6 Å². The smallest absolute Gasteiger partial charge is 0.262 e. The van der Waals surface area contributed by atoms with E-state index in [2.05, 4.69) is 4.72 Å². The average Bonchev–Trinajstić information content (AvgIpc) is 2.36. The molecule has 0 radical (unpaired) electrons. The van der Waals surface area contributed by atoms with Crippen molar-refractivity contribution >= 4 is 44.9 Å². The summed E-state index contributed by atoms with van der Waals surface area (Å²) in [6, 6.07) is 7.96. The van der Waals surface area contributed by atoms with E-state index in [4.69, 9.17) is 23.2 Å². The number of carbonyl (C=O) groups excluding carboxylic acids is 1. The minimum Gasteiger partial charge on any atom is -0.545 e. The highest BCUT2D eigenvalue weighted by Crippen LogP contribution is 2.26. The van der Waals surface area contributed by atoms with E-state index < -0.39 is 16.0 Å². The van der Waals surface area contributed by atoms with E-state index in [1.807, 2.05) is 0 Å². The van der Waals surface area contributed by atoms with Crippen molar-refractivity contribution in [1.82, 2.24) is 0 Å². The number of benzene rings is 2. The van der Waals surface area contributed by atoms with Crippen LogP contribution < -0.4 is 9.83 Å². The standard InChI is InChI=1S/C14H11Cl2NO4S/c1-8-2-3-9(14(18)19)4-13(8)22(20,21)17-12-6-10(15)5-11(16)7-12/h2-7,17H,1H3,(H,18,19)/p-1. The molecule has 0 heterocycles. The van der Waals surface area contributed by atoms with E-state index in [0.29, 0.717) is 5.56 Å². The lowest BCUT2D eigenvalue weighted by Gasteiger charge is -2.13. The highest BCUT2D eigenvalue weighted by molar-refractivity contribution is 7.92. The maximum atomic E-state index is 12.4. The molecule has 0 atom stereocenters. The number of carboxylic acid groups (broad SMARTS) is 1. The number of aromatic carboxylic acids is 1. The Morgan fingerprint density at radius 1 is 1.09 bits per heavy atom. The third-order valence-electron chi connectivity index (χ3n) is 2.83. The third kappa shape index (κ3) is 3.71. The fourth-order valence-corrected chi connectivity index (χ4v) is 3.68. The van der Waals surface area contributed by atoms with Gasteiger partial charge in [0.25, 0.3) is 10.0 Å². The Balaban J connectivity index is 2.46. The Morgan fingerprint density at radius 2 is 1.68 bits per heavy atom. The topological polar surface area (TPSA) is 86.3 Å². The molecule has 0 saturated heterocycles. The highest BCUT2D eigenvalue weighted by atomic mass is 35.5. The molecule has 116 valence electrons. The quantitative estimate of drug-likeness (QED) is 0.909. The lowest BCUT2D eigenvalue weighted by molar-refractivity contribution is -0.255.